The molecule has 0 spiro atoms. The van der Waals surface area contributed by atoms with Gasteiger partial charge in [0, 0.05) is 61.3 Å². The second-order valence-corrected chi connectivity index (χ2v) is 10.4. The first-order valence-corrected chi connectivity index (χ1v) is 13.6. The molecule has 2 aliphatic rings. The van der Waals surface area contributed by atoms with Gasteiger partial charge in [-0.3, -0.25) is 9.69 Å². The van der Waals surface area contributed by atoms with Gasteiger partial charge < -0.3 is 19.5 Å². The predicted octanol–water partition coefficient (Wildman–Crippen LogP) is 4.38. The van der Waals surface area contributed by atoms with E-state index in [2.05, 4.69) is 76.0 Å². The van der Waals surface area contributed by atoms with E-state index in [9.17, 15) is 9.90 Å². The van der Waals surface area contributed by atoms with Crippen LogP contribution in [-0.2, 0) is 20.8 Å². The monoisotopic (exact) mass is 590 g/mol. The Labute approximate surface area is 222 Å². The Kier molecular flexibility index (Phi) is 9.59. The highest BCUT2D eigenvalue weighted by atomic mass is 127. The number of carbonyl (C=O) groups is 1. The van der Waals surface area contributed by atoms with E-state index < -0.39 is 6.29 Å². The van der Waals surface area contributed by atoms with Crippen LogP contribution in [0.2, 0.25) is 0 Å². The maximum Gasteiger partial charge on any atom is 0.288 e. The number of rotatable bonds is 9. The fourth-order valence-corrected chi connectivity index (χ4v) is 5.29. The topological polar surface area (TPSA) is 62.2 Å². The van der Waals surface area contributed by atoms with Gasteiger partial charge in [0.1, 0.15) is 0 Å². The average Bonchev–Trinajstić information content (AvgIpc) is 2.89. The van der Waals surface area contributed by atoms with Crippen molar-refractivity contribution in [2.75, 3.05) is 39.4 Å². The molecule has 1 saturated heterocycles. The zero-order valence-corrected chi connectivity index (χ0v) is 22.5. The van der Waals surface area contributed by atoms with E-state index in [0.29, 0.717) is 31.9 Å². The second kappa shape index (κ2) is 12.9. The predicted molar refractivity (Wildman–Crippen MR) is 145 cm³/mol. The van der Waals surface area contributed by atoms with Crippen LogP contribution in [0.25, 0.3) is 0 Å². The molecule has 0 unspecified atom stereocenters. The molecule has 0 aliphatic carbocycles. The fourth-order valence-electron chi connectivity index (χ4n) is 4.93. The summed E-state index contributed by atoms with van der Waals surface area (Å²) < 4.78 is 13.4. The molecular formula is C28H35IN2O4. The number of piperazine rings is 1. The highest BCUT2D eigenvalue weighted by Gasteiger charge is 2.39. The zero-order valence-electron chi connectivity index (χ0n) is 20.3. The maximum absolute atomic E-state index is 13.5. The van der Waals surface area contributed by atoms with Crippen molar-refractivity contribution in [3.8, 4) is 0 Å². The van der Waals surface area contributed by atoms with Gasteiger partial charge in [0.2, 0.25) is 6.29 Å². The molecule has 35 heavy (non-hydrogen) atoms. The van der Waals surface area contributed by atoms with Crippen molar-refractivity contribution in [3.05, 3.63) is 81.1 Å². The maximum atomic E-state index is 13.5. The minimum Gasteiger partial charge on any atom is -0.459 e. The number of aliphatic hydroxyl groups excluding tert-OH is 1. The number of halogens is 1. The molecule has 3 atom stereocenters. The third-order valence-corrected chi connectivity index (χ3v) is 7.50. The Morgan fingerprint density at radius 1 is 1.09 bits per heavy atom. The van der Waals surface area contributed by atoms with Gasteiger partial charge >= 0.3 is 0 Å². The van der Waals surface area contributed by atoms with E-state index >= 15 is 0 Å². The first-order chi connectivity index (χ1) is 17.1. The molecule has 1 fully saturated rings. The van der Waals surface area contributed by atoms with Gasteiger partial charge in [-0.2, -0.15) is 0 Å². The third kappa shape index (κ3) is 6.84. The van der Waals surface area contributed by atoms with Crippen molar-refractivity contribution in [3.63, 3.8) is 0 Å². The normalized spacial score (nSPS) is 23.0. The molecule has 188 valence electrons. The molecule has 6 nitrogen and oxygen atoms in total. The lowest BCUT2D eigenvalue weighted by molar-refractivity contribution is -0.171. The molecule has 2 aromatic carbocycles. The van der Waals surface area contributed by atoms with Crippen LogP contribution in [0.15, 0.2) is 66.4 Å². The molecular weight excluding hydrogens is 555 g/mol. The van der Waals surface area contributed by atoms with Gasteiger partial charge in [0.25, 0.3) is 5.91 Å². The summed E-state index contributed by atoms with van der Waals surface area (Å²) in [5, 5.41) is 9.47. The minimum absolute atomic E-state index is 0.0119. The number of aliphatic hydroxyl groups is 1. The van der Waals surface area contributed by atoms with E-state index in [1.807, 2.05) is 24.0 Å². The molecule has 0 radical (unpaired) electrons. The highest BCUT2D eigenvalue weighted by molar-refractivity contribution is 14.1. The van der Waals surface area contributed by atoms with E-state index in [1.54, 1.807) is 0 Å². The summed E-state index contributed by atoms with van der Waals surface area (Å²) in [6, 6.07) is 18.9. The van der Waals surface area contributed by atoms with Crippen molar-refractivity contribution in [1.82, 2.24) is 9.80 Å². The van der Waals surface area contributed by atoms with Gasteiger partial charge in [-0.15, -0.1) is 0 Å². The van der Waals surface area contributed by atoms with Crippen molar-refractivity contribution in [2.24, 2.45) is 5.92 Å². The largest absolute Gasteiger partial charge is 0.459 e. The van der Waals surface area contributed by atoms with E-state index in [-0.39, 0.29) is 24.3 Å². The van der Waals surface area contributed by atoms with Crippen LogP contribution < -0.4 is 0 Å². The number of ether oxygens (including phenoxy) is 2. The van der Waals surface area contributed by atoms with Crippen LogP contribution in [0.1, 0.15) is 36.8 Å². The molecule has 4 rings (SSSR count). The molecule has 2 aliphatic heterocycles. The SMILES string of the molecule is CCO[C@@H]1OC(C(=O)N2CCN(Cc3ccccc3)CC2)=C[C@H](c2ccc(I)cc2)[C@H]1CCCO. The van der Waals surface area contributed by atoms with Crippen LogP contribution in [0.3, 0.4) is 0 Å². The fraction of sp³-hybridized carbons (Fsp3) is 0.464. The Morgan fingerprint density at radius 3 is 2.46 bits per heavy atom. The molecule has 2 aromatic rings. The molecule has 0 bridgehead atoms. The van der Waals surface area contributed by atoms with E-state index in [4.69, 9.17) is 9.47 Å². The molecule has 1 N–H and O–H groups in total. The van der Waals surface area contributed by atoms with Crippen molar-refractivity contribution in [2.45, 2.75) is 38.5 Å². The zero-order chi connectivity index (χ0) is 24.6. The summed E-state index contributed by atoms with van der Waals surface area (Å²) in [5.41, 5.74) is 2.43. The van der Waals surface area contributed by atoms with Crippen LogP contribution in [0.4, 0.5) is 0 Å². The Morgan fingerprint density at radius 2 is 1.80 bits per heavy atom. The number of carbonyl (C=O) groups excluding carboxylic acids is 1. The van der Waals surface area contributed by atoms with Crippen LogP contribution in [0, 0.1) is 9.49 Å². The number of amides is 1. The van der Waals surface area contributed by atoms with E-state index in [1.165, 1.54) is 9.13 Å². The summed E-state index contributed by atoms with van der Waals surface area (Å²) in [4.78, 5) is 17.8. The lowest BCUT2D eigenvalue weighted by atomic mass is 9.80. The third-order valence-electron chi connectivity index (χ3n) is 6.79. The molecule has 2 heterocycles. The number of nitrogens with zero attached hydrogens (tertiary/aromatic N) is 2. The summed E-state index contributed by atoms with van der Waals surface area (Å²) in [5.74, 6) is 0.331. The smallest absolute Gasteiger partial charge is 0.288 e. The number of hydrogen-bond acceptors (Lipinski definition) is 5. The van der Waals surface area contributed by atoms with Crippen molar-refractivity contribution >= 4 is 28.5 Å². The number of hydrogen-bond donors (Lipinski definition) is 1. The van der Waals surface area contributed by atoms with Gasteiger partial charge in [-0.1, -0.05) is 42.5 Å². The Hall–Kier alpha value is -1.94. The van der Waals surface area contributed by atoms with Gasteiger partial charge in [0.15, 0.2) is 5.76 Å². The summed E-state index contributed by atoms with van der Waals surface area (Å²) in [6.45, 7) is 6.48. The number of benzene rings is 2. The standard InChI is InChI=1S/C28H35IN2O4/c1-2-34-28-24(9-6-18-32)25(22-10-12-23(29)13-11-22)19-26(35-28)27(33)31-16-14-30(15-17-31)20-21-7-4-3-5-8-21/h3-5,7-8,10-13,19,24-25,28,32H,2,6,9,14-18,20H2,1H3/t24-,25-,28-/m1/s1. The van der Waals surface area contributed by atoms with Crippen molar-refractivity contribution in [1.29, 1.82) is 0 Å². The average molecular weight is 591 g/mol. The van der Waals surface area contributed by atoms with Crippen LogP contribution >= 0.6 is 22.6 Å². The molecule has 0 saturated carbocycles. The van der Waals surface area contributed by atoms with Gasteiger partial charge in [-0.25, -0.2) is 0 Å². The van der Waals surface area contributed by atoms with Crippen LogP contribution in [0.5, 0.6) is 0 Å². The van der Waals surface area contributed by atoms with Crippen LogP contribution in [-0.4, -0.2) is 66.5 Å². The Balaban J connectivity index is 1.49. The summed E-state index contributed by atoms with van der Waals surface area (Å²) in [7, 11) is 0. The lowest BCUT2D eigenvalue weighted by Gasteiger charge is -2.39. The first kappa shape index (κ1) is 26.1. The van der Waals surface area contributed by atoms with Gasteiger partial charge in [-0.05, 0) is 71.7 Å². The summed E-state index contributed by atoms with van der Waals surface area (Å²) >= 11 is 2.30. The Bertz CT molecular complexity index is 974. The molecule has 1 amide bonds. The lowest BCUT2D eigenvalue weighted by Crippen LogP contribution is -2.49. The van der Waals surface area contributed by atoms with Crippen molar-refractivity contribution < 1.29 is 19.4 Å². The quantitative estimate of drug-likeness (QED) is 0.440. The number of allylic oxidation sites excluding steroid dienone is 1. The van der Waals surface area contributed by atoms with E-state index in [0.717, 1.165) is 31.6 Å². The van der Waals surface area contributed by atoms with Gasteiger partial charge in [0.05, 0.1) is 0 Å². The summed E-state index contributed by atoms with van der Waals surface area (Å²) in [6.07, 6.45) is 2.89. The molecule has 7 heteroatoms. The highest BCUT2D eigenvalue weighted by Crippen LogP contribution is 2.40. The second-order valence-electron chi connectivity index (χ2n) is 9.13. The minimum atomic E-state index is -0.515. The first-order valence-electron chi connectivity index (χ1n) is 12.5. The molecule has 0 aromatic heterocycles.